The Kier molecular flexibility index (Phi) is 17.6. The van der Waals surface area contributed by atoms with Gasteiger partial charge in [0.05, 0.1) is 66.0 Å². The van der Waals surface area contributed by atoms with E-state index in [1.54, 1.807) is 67.5 Å². The lowest BCUT2D eigenvalue weighted by molar-refractivity contribution is -0.317. The molecule has 3 aliphatic rings. The normalized spacial score (nSPS) is 43.5. The molecule has 0 amide bonds. The number of nitrogens with zero attached hydrogens (tertiary/aromatic N) is 2. The van der Waals surface area contributed by atoms with Crippen LogP contribution in [0.15, 0.2) is 29.4 Å². The lowest BCUT2D eigenvalue weighted by atomic mass is 9.73. The van der Waals surface area contributed by atoms with E-state index in [1.807, 2.05) is 25.9 Å². The van der Waals surface area contributed by atoms with E-state index in [-0.39, 0.29) is 42.7 Å². The van der Waals surface area contributed by atoms with Crippen molar-refractivity contribution in [1.29, 1.82) is 0 Å². The summed E-state index contributed by atoms with van der Waals surface area (Å²) in [7, 11) is 6.67. The Morgan fingerprint density at radius 2 is 1.53 bits per heavy atom. The van der Waals surface area contributed by atoms with Crippen molar-refractivity contribution in [2.45, 2.75) is 179 Å². The number of aliphatic hydroxyl groups is 5. The van der Waals surface area contributed by atoms with Crippen LogP contribution in [0.25, 0.3) is 0 Å². The van der Waals surface area contributed by atoms with Gasteiger partial charge < -0.3 is 68.4 Å². The fraction of sp³-hybridized carbons (Fsp3) is 0.800. The molecule has 4 rings (SSSR count). The average Bonchev–Trinajstić information content (AvgIpc) is 3.22. The van der Waals surface area contributed by atoms with Crippen molar-refractivity contribution in [2.75, 3.05) is 28.3 Å². The predicted molar refractivity (Wildman–Crippen MR) is 227 cm³/mol. The second kappa shape index (κ2) is 21.0. The zero-order valence-corrected chi connectivity index (χ0v) is 39.0. The minimum absolute atomic E-state index is 0.0663. The number of oxime groups is 1. The van der Waals surface area contributed by atoms with Crippen molar-refractivity contribution in [3.63, 3.8) is 0 Å². The molecule has 3 saturated heterocycles. The van der Waals surface area contributed by atoms with Gasteiger partial charge in [-0.25, -0.2) is 4.79 Å². The van der Waals surface area contributed by atoms with E-state index in [4.69, 9.17) is 38.0 Å². The third-order valence-electron chi connectivity index (χ3n) is 13.4. The van der Waals surface area contributed by atoms with E-state index in [0.29, 0.717) is 12.2 Å². The van der Waals surface area contributed by atoms with Crippen molar-refractivity contribution < 1.29 is 73.1 Å². The first kappa shape index (κ1) is 51.8. The molecule has 354 valence electrons. The van der Waals surface area contributed by atoms with Crippen LogP contribution in [0.2, 0.25) is 0 Å². The molecule has 3 aliphatic heterocycles. The number of likely N-dealkylation sites (N-methyl/N-ethyl adjacent to an activating group) is 1. The molecule has 1 aromatic rings. The summed E-state index contributed by atoms with van der Waals surface area (Å²) in [6.45, 7) is 16.6. The minimum Gasteiger partial charge on any atom is -0.497 e. The van der Waals surface area contributed by atoms with Gasteiger partial charge in [-0.1, -0.05) is 32.9 Å². The maximum Gasteiger partial charge on any atom is 0.365 e. The van der Waals surface area contributed by atoms with Crippen LogP contribution in [0.4, 0.5) is 0 Å². The fourth-order valence-electron chi connectivity index (χ4n) is 9.47. The molecule has 62 heavy (non-hydrogen) atoms. The summed E-state index contributed by atoms with van der Waals surface area (Å²) in [5, 5.41) is 63.8. The number of hydrogen-bond acceptors (Lipinski definition) is 17. The van der Waals surface area contributed by atoms with Crippen molar-refractivity contribution in [3.8, 4) is 5.75 Å². The van der Waals surface area contributed by atoms with E-state index >= 15 is 0 Å². The number of methoxy groups -OCH3 is 2. The van der Waals surface area contributed by atoms with Crippen LogP contribution in [0.1, 0.15) is 105 Å². The van der Waals surface area contributed by atoms with Crippen LogP contribution in [0.5, 0.6) is 5.75 Å². The summed E-state index contributed by atoms with van der Waals surface area (Å²) in [6, 6.07) is 5.84. The second-order valence-corrected chi connectivity index (χ2v) is 18.7. The standard InChI is InChI=1S/C45H74N2O15/c1-15-32-45(10,54)37(49)25(4)34(46-62-41(52)29-16-18-30(55-13)19-17-29)23(2)21-43(8,53)39(61-42-35(48)31(47(11)12)20-24(3)57-42)26(5)36(27(6)40(51)59-32)60-33-22-44(9,56-14)38(50)28(7)58-33/h16-19,23-28,31-33,35-39,42,48-50,53-54H,15,20-22H2,1-14H3/b46-34-/t23-,24-,25-,26+,27-,28+,31+,32+,33+,35-,36+,37-,38+,39-,42+,43+,44-,45-/m1/s1. The fourth-order valence-corrected chi connectivity index (χ4v) is 9.47. The van der Waals surface area contributed by atoms with Crippen molar-refractivity contribution in [2.24, 2.45) is 28.8 Å². The summed E-state index contributed by atoms with van der Waals surface area (Å²) in [6.07, 6.45) is -10.2. The molecule has 17 nitrogen and oxygen atoms in total. The molecular formula is C45H74N2O15. The van der Waals surface area contributed by atoms with Gasteiger partial charge in [-0.3, -0.25) is 4.79 Å². The SMILES string of the molecule is CC[C@@H]1OC(=O)[C@H](C)[C@@H](O[C@H]2C[C@@](C)(OC)[C@@H](O)[C@H](C)O2)[C@H](C)[C@@H](O[C@@H]2O[C@H](C)C[C@H](N(C)C)[C@H]2O)[C@@](C)(O)C[C@@H](C)/C(=N/OC(=O)c2ccc(OC)cc2)[C@@H](C)[C@@H](O)[C@]1(C)O. The Balaban J connectivity index is 1.88. The van der Waals surface area contributed by atoms with E-state index < -0.39 is 108 Å². The molecule has 0 radical (unpaired) electrons. The first-order valence-electron chi connectivity index (χ1n) is 21.8. The minimum atomic E-state index is -2.06. The number of cyclic esters (lactones) is 1. The highest BCUT2D eigenvalue weighted by atomic mass is 16.7. The van der Waals surface area contributed by atoms with E-state index in [2.05, 4.69) is 5.16 Å². The Bertz CT molecular complexity index is 1660. The molecule has 0 saturated carbocycles. The smallest absolute Gasteiger partial charge is 0.365 e. The number of carbonyl (C=O) groups is 2. The molecule has 3 heterocycles. The average molecular weight is 883 g/mol. The third-order valence-corrected chi connectivity index (χ3v) is 13.4. The molecule has 0 unspecified atom stereocenters. The number of hydrogen-bond donors (Lipinski definition) is 5. The number of esters is 1. The molecule has 18 atom stereocenters. The molecule has 0 aromatic heterocycles. The van der Waals surface area contributed by atoms with E-state index in [0.717, 1.165) is 0 Å². The summed E-state index contributed by atoms with van der Waals surface area (Å²) in [5.41, 5.74) is -4.72. The zero-order valence-electron chi connectivity index (χ0n) is 39.0. The Morgan fingerprint density at radius 3 is 2.10 bits per heavy atom. The van der Waals surface area contributed by atoms with Gasteiger partial charge in [-0.15, -0.1) is 0 Å². The van der Waals surface area contributed by atoms with Gasteiger partial charge in [0.1, 0.15) is 29.7 Å². The quantitative estimate of drug-likeness (QED) is 0.129. The zero-order chi connectivity index (χ0) is 46.6. The van der Waals surface area contributed by atoms with Crippen LogP contribution in [0.3, 0.4) is 0 Å². The number of rotatable bonds is 10. The van der Waals surface area contributed by atoms with Gasteiger partial charge >= 0.3 is 11.9 Å². The molecule has 0 bridgehead atoms. The van der Waals surface area contributed by atoms with Gasteiger partial charge in [0.2, 0.25) is 0 Å². The predicted octanol–water partition coefficient (Wildman–Crippen LogP) is 3.44. The second-order valence-electron chi connectivity index (χ2n) is 18.7. The van der Waals surface area contributed by atoms with Crippen LogP contribution < -0.4 is 4.74 Å². The highest BCUT2D eigenvalue weighted by Gasteiger charge is 2.53. The summed E-state index contributed by atoms with van der Waals surface area (Å²) < 4.78 is 42.9. The molecule has 5 N–H and O–H groups in total. The van der Waals surface area contributed by atoms with Gasteiger partial charge in [-0.05, 0) is 99.2 Å². The molecular weight excluding hydrogens is 808 g/mol. The molecule has 0 spiro atoms. The maximum atomic E-state index is 14.4. The van der Waals surface area contributed by atoms with Crippen LogP contribution >= 0.6 is 0 Å². The number of aliphatic hydroxyl groups excluding tert-OH is 3. The van der Waals surface area contributed by atoms with Crippen LogP contribution in [-0.4, -0.2) is 161 Å². The van der Waals surface area contributed by atoms with Crippen molar-refractivity contribution in [3.05, 3.63) is 29.8 Å². The van der Waals surface area contributed by atoms with Gasteiger partial charge in [0.25, 0.3) is 0 Å². The maximum absolute atomic E-state index is 14.4. The first-order chi connectivity index (χ1) is 28.8. The van der Waals surface area contributed by atoms with Gasteiger partial charge in [-0.2, -0.15) is 0 Å². The largest absolute Gasteiger partial charge is 0.497 e. The molecule has 1 aromatic carbocycles. The third kappa shape index (κ3) is 11.5. The van der Waals surface area contributed by atoms with Crippen molar-refractivity contribution >= 4 is 17.7 Å². The first-order valence-corrected chi connectivity index (χ1v) is 21.8. The van der Waals surface area contributed by atoms with E-state index in [1.165, 1.54) is 33.3 Å². The number of carbonyl (C=O) groups excluding carboxylic acids is 2. The number of benzene rings is 1. The Hall–Kier alpha value is -2.81. The number of ether oxygens (including phenoxy) is 7. The highest BCUT2D eigenvalue weighted by Crippen LogP contribution is 2.41. The lowest BCUT2D eigenvalue weighted by Gasteiger charge is -2.49. The van der Waals surface area contributed by atoms with Crippen molar-refractivity contribution in [1.82, 2.24) is 4.90 Å². The lowest BCUT2D eigenvalue weighted by Crippen LogP contribution is -2.61. The Morgan fingerprint density at radius 1 is 0.903 bits per heavy atom. The summed E-state index contributed by atoms with van der Waals surface area (Å²) in [4.78, 5) is 35.1. The van der Waals surface area contributed by atoms with Gasteiger partial charge in [0, 0.05) is 37.3 Å². The van der Waals surface area contributed by atoms with Gasteiger partial charge in [0.15, 0.2) is 12.6 Å². The molecule has 17 heteroatoms. The Labute approximate surface area is 366 Å². The molecule has 0 aliphatic carbocycles. The highest BCUT2D eigenvalue weighted by molar-refractivity contribution is 5.92. The van der Waals surface area contributed by atoms with E-state index in [9.17, 15) is 35.1 Å². The summed E-state index contributed by atoms with van der Waals surface area (Å²) >= 11 is 0. The topological polar surface area (TPSA) is 225 Å². The summed E-state index contributed by atoms with van der Waals surface area (Å²) in [5.74, 6) is -4.86. The molecule has 3 fully saturated rings. The monoisotopic (exact) mass is 883 g/mol. The van der Waals surface area contributed by atoms with Crippen LogP contribution in [0, 0.1) is 23.7 Å². The van der Waals surface area contributed by atoms with Crippen LogP contribution in [-0.2, 0) is 38.1 Å².